The minimum atomic E-state index is -0.953. The Morgan fingerprint density at radius 2 is 1.86 bits per heavy atom. The van der Waals surface area contributed by atoms with Crippen LogP contribution in [0, 0.1) is 6.92 Å². The molecule has 2 aromatic rings. The molecule has 1 aromatic heterocycles. The molecule has 0 atom stereocenters. The van der Waals surface area contributed by atoms with Crippen molar-refractivity contribution >= 4 is 17.6 Å². The fraction of sp³-hybridized carbons (Fsp3) is 0.200. The third kappa shape index (κ3) is 3.62. The zero-order valence-corrected chi connectivity index (χ0v) is 11.6. The number of para-hydroxylation sites is 1. The molecule has 0 saturated carbocycles. The topological polar surface area (TPSA) is 83.4 Å². The highest BCUT2D eigenvalue weighted by atomic mass is 16.4. The number of aliphatic carboxylic acids is 1. The molecule has 0 bridgehead atoms. The summed E-state index contributed by atoms with van der Waals surface area (Å²) in [7, 11) is 0. The van der Waals surface area contributed by atoms with Crippen LogP contribution in [0.5, 0.6) is 0 Å². The molecule has 6 heteroatoms. The van der Waals surface area contributed by atoms with E-state index in [-0.39, 0.29) is 18.9 Å². The standard InChI is InChI=1S/C15H15N3O3/c1-11-4-2-3-5-13(11)18(7-6-14(19)20)15(21)12-8-16-10-17-9-12/h2-5,8-10H,6-7H2,1H3,(H,19,20). The molecule has 108 valence electrons. The average molecular weight is 285 g/mol. The van der Waals surface area contributed by atoms with Gasteiger partial charge in [0.05, 0.1) is 12.0 Å². The Hall–Kier alpha value is -2.76. The van der Waals surface area contributed by atoms with Crippen LogP contribution in [0.1, 0.15) is 22.3 Å². The zero-order chi connectivity index (χ0) is 15.2. The molecule has 0 unspecified atom stereocenters. The fourth-order valence-electron chi connectivity index (χ4n) is 1.97. The molecule has 0 aliphatic rings. The smallest absolute Gasteiger partial charge is 0.305 e. The van der Waals surface area contributed by atoms with E-state index < -0.39 is 5.97 Å². The van der Waals surface area contributed by atoms with Crippen molar-refractivity contribution in [3.8, 4) is 0 Å². The van der Waals surface area contributed by atoms with Crippen molar-refractivity contribution in [1.82, 2.24) is 9.97 Å². The van der Waals surface area contributed by atoms with E-state index in [9.17, 15) is 9.59 Å². The van der Waals surface area contributed by atoms with Gasteiger partial charge in [0.1, 0.15) is 6.33 Å². The van der Waals surface area contributed by atoms with Gasteiger partial charge in [0, 0.05) is 24.6 Å². The van der Waals surface area contributed by atoms with Crippen LogP contribution in [0.15, 0.2) is 43.0 Å². The number of carbonyl (C=O) groups excluding carboxylic acids is 1. The number of rotatable bonds is 5. The summed E-state index contributed by atoms with van der Waals surface area (Å²) in [5.41, 5.74) is 1.91. The van der Waals surface area contributed by atoms with Gasteiger partial charge in [-0.3, -0.25) is 9.59 Å². The Morgan fingerprint density at radius 3 is 2.48 bits per heavy atom. The number of carboxylic acids is 1. The predicted molar refractivity (Wildman–Crippen MR) is 77.1 cm³/mol. The lowest BCUT2D eigenvalue weighted by atomic mass is 10.1. The average Bonchev–Trinajstić information content (AvgIpc) is 2.49. The van der Waals surface area contributed by atoms with E-state index in [1.165, 1.54) is 23.6 Å². The van der Waals surface area contributed by atoms with Gasteiger partial charge in [-0.15, -0.1) is 0 Å². The summed E-state index contributed by atoms with van der Waals surface area (Å²) >= 11 is 0. The quantitative estimate of drug-likeness (QED) is 0.907. The van der Waals surface area contributed by atoms with E-state index in [1.54, 1.807) is 6.07 Å². The minimum Gasteiger partial charge on any atom is -0.481 e. The summed E-state index contributed by atoms with van der Waals surface area (Å²) in [4.78, 5) is 32.5. The normalized spacial score (nSPS) is 10.1. The van der Waals surface area contributed by atoms with Gasteiger partial charge < -0.3 is 10.0 Å². The largest absolute Gasteiger partial charge is 0.481 e. The van der Waals surface area contributed by atoms with Crippen LogP contribution in [0.4, 0.5) is 5.69 Å². The van der Waals surface area contributed by atoms with E-state index in [1.807, 2.05) is 25.1 Å². The Balaban J connectivity index is 2.34. The molecule has 0 aliphatic heterocycles. The highest BCUT2D eigenvalue weighted by Gasteiger charge is 2.20. The lowest BCUT2D eigenvalue weighted by Gasteiger charge is -2.23. The number of carbonyl (C=O) groups is 2. The molecule has 21 heavy (non-hydrogen) atoms. The molecule has 0 aliphatic carbocycles. The van der Waals surface area contributed by atoms with Crippen molar-refractivity contribution in [1.29, 1.82) is 0 Å². The van der Waals surface area contributed by atoms with Crippen LogP contribution in [0.2, 0.25) is 0 Å². The zero-order valence-electron chi connectivity index (χ0n) is 11.6. The van der Waals surface area contributed by atoms with Gasteiger partial charge in [-0.1, -0.05) is 18.2 Å². The molecule has 0 radical (unpaired) electrons. The molecule has 1 amide bonds. The maximum absolute atomic E-state index is 12.6. The summed E-state index contributed by atoms with van der Waals surface area (Å²) in [6, 6.07) is 7.34. The lowest BCUT2D eigenvalue weighted by Crippen LogP contribution is -2.33. The second-order valence-electron chi connectivity index (χ2n) is 4.51. The monoisotopic (exact) mass is 285 g/mol. The summed E-state index contributed by atoms with van der Waals surface area (Å²) < 4.78 is 0. The molecular weight excluding hydrogens is 270 g/mol. The van der Waals surface area contributed by atoms with E-state index in [0.717, 1.165) is 5.56 Å². The van der Waals surface area contributed by atoms with Crippen molar-refractivity contribution in [3.05, 3.63) is 54.1 Å². The SMILES string of the molecule is Cc1ccccc1N(CCC(=O)O)C(=O)c1cncnc1. The number of amides is 1. The number of nitrogens with zero attached hydrogens (tertiary/aromatic N) is 3. The summed E-state index contributed by atoms with van der Waals surface area (Å²) in [6.07, 6.45) is 4.04. The third-order valence-corrected chi connectivity index (χ3v) is 3.01. The second-order valence-corrected chi connectivity index (χ2v) is 4.51. The number of hydrogen-bond donors (Lipinski definition) is 1. The van der Waals surface area contributed by atoms with Crippen LogP contribution >= 0.6 is 0 Å². The molecule has 1 aromatic carbocycles. The number of aromatic nitrogens is 2. The first-order valence-corrected chi connectivity index (χ1v) is 6.44. The van der Waals surface area contributed by atoms with Crippen LogP contribution in [0.25, 0.3) is 0 Å². The Kier molecular flexibility index (Phi) is 4.61. The maximum Gasteiger partial charge on any atom is 0.305 e. The van der Waals surface area contributed by atoms with Crippen LogP contribution < -0.4 is 4.90 Å². The predicted octanol–water partition coefficient (Wildman–Crippen LogP) is 1.91. The van der Waals surface area contributed by atoms with E-state index >= 15 is 0 Å². The summed E-state index contributed by atoms with van der Waals surface area (Å²) in [5.74, 6) is -1.27. The van der Waals surface area contributed by atoms with Crippen molar-refractivity contribution in [3.63, 3.8) is 0 Å². The lowest BCUT2D eigenvalue weighted by molar-refractivity contribution is -0.136. The minimum absolute atomic E-state index is 0.0912. The molecule has 0 spiro atoms. The third-order valence-electron chi connectivity index (χ3n) is 3.01. The maximum atomic E-state index is 12.6. The van der Waals surface area contributed by atoms with Crippen molar-refractivity contribution < 1.29 is 14.7 Å². The number of carboxylic acid groups (broad SMARTS) is 1. The van der Waals surface area contributed by atoms with Crippen molar-refractivity contribution in [2.75, 3.05) is 11.4 Å². The van der Waals surface area contributed by atoms with E-state index in [4.69, 9.17) is 5.11 Å². The first-order valence-electron chi connectivity index (χ1n) is 6.44. The Bertz CT molecular complexity index is 644. The summed E-state index contributed by atoms with van der Waals surface area (Å²) in [6.45, 7) is 1.96. The highest BCUT2D eigenvalue weighted by Crippen LogP contribution is 2.21. The number of hydrogen-bond acceptors (Lipinski definition) is 4. The molecule has 0 saturated heterocycles. The summed E-state index contributed by atoms with van der Waals surface area (Å²) in [5, 5.41) is 8.87. The van der Waals surface area contributed by atoms with Crippen LogP contribution in [-0.4, -0.2) is 33.5 Å². The highest BCUT2D eigenvalue weighted by molar-refractivity contribution is 6.06. The first-order chi connectivity index (χ1) is 10.1. The molecule has 1 N–H and O–H groups in total. The molecule has 1 heterocycles. The van der Waals surface area contributed by atoms with Gasteiger partial charge in [-0.2, -0.15) is 0 Å². The van der Waals surface area contributed by atoms with Gasteiger partial charge in [-0.05, 0) is 18.6 Å². The molecular formula is C15H15N3O3. The Morgan fingerprint density at radius 1 is 1.19 bits per heavy atom. The Labute approximate surface area is 122 Å². The fourth-order valence-corrected chi connectivity index (χ4v) is 1.97. The van der Waals surface area contributed by atoms with Gasteiger partial charge in [0.25, 0.3) is 5.91 Å². The van der Waals surface area contributed by atoms with E-state index in [2.05, 4.69) is 9.97 Å². The molecule has 2 rings (SSSR count). The van der Waals surface area contributed by atoms with Crippen molar-refractivity contribution in [2.24, 2.45) is 0 Å². The van der Waals surface area contributed by atoms with Gasteiger partial charge in [0.2, 0.25) is 0 Å². The number of anilines is 1. The molecule has 0 fully saturated rings. The second kappa shape index (κ2) is 6.60. The van der Waals surface area contributed by atoms with Gasteiger partial charge >= 0.3 is 5.97 Å². The van der Waals surface area contributed by atoms with Gasteiger partial charge in [-0.25, -0.2) is 9.97 Å². The molecule has 6 nitrogen and oxygen atoms in total. The van der Waals surface area contributed by atoms with E-state index in [0.29, 0.717) is 11.3 Å². The number of aryl methyl sites for hydroxylation is 1. The first kappa shape index (κ1) is 14.6. The van der Waals surface area contributed by atoms with Crippen molar-refractivity contribution in [2.45, 2.75) is 13.3 Å². The van der Waals surface area contributed by atoms with Gasteiger partial charge in [0.15, 0.2) is 0 Å². The van der Waals surface area contributed by atoms with Crippen LogP contribution in [0.3, 0.4) is 0 Å². The van der Waals surface area contributed by atoms with Crippen LogP contribution in [-0.2, 0) is 4.79 Å². The number of benzene rings is 1.